The number of rotatable bonds is 5. The number of hydrogen-bond donors (Lipinski definition) is 0. The summed E-state index contributed by atoms with van der Waals surface area (Å²) in [5.74, 6) is -0.0400. The zero-order valence-corrected chi connectivity index (χ0v) is 16.1. The Morgan fingerprint density at radius 2 is 2.00 bits per heavy atom. The Kier molecular flexibility index (Phi) is 5.50. The summed E-state index contributed by atoms with van der Waals surface area (Å²) in [6.07, 6.45) is 2.05. The van der Waals surface area contributed by atoms with E-state index in [1.165, 1.54) is 5.56 Å². The van der Waals surface area contributed by atoms with E-state index in [2.05, 4.69) is 26.7 Å². The highest BCUT2D eigenvalue weighted by molar-refractivity contribution is 7.07. The summed E-state index contributed by atoms with van der Waals surface area (Å²) in [5, 5.41) is 4.28. The molecule has 27 heavy (non-hydrogen) atoms. The largest absolute Gasteiger partial charge is 0.340 e. The Morgan fingerprint density at radius 1 is 1.15 bits per heavy atom. The molecule has 4 rings (SSSR count). The molecule has 1 atom stereocenters. The molecule has 0 N–H and O–H groups in total. The molecule has 2 saturated heterocycles. The Morgan fingerprint density at radius 3 is 2.70 bits per heavy atom. The number of nitrogens with zero attached hydrogens (tertiary/aromatic N) is 4. The average Bonchev–Trinajstić information content (AvgIpc) is 3.33. The van der Waals surface area contributed by atoms with Crippen LogP contribution in [0.5, 0.6) is 0 Å². The minimum Gasteiger partial charge on any atom is -0.340 e. The van der Waals surface area contributed by atoms with Crippen molar-refractivity contribution in [1.82, 2.24) is 19.7 Å². The summed E-state index contributed by atoms with van der Waals surface area (Å²) in [7, 11) is 0. The van der Waals surface area contributed by atoms with Crippen LogP contribution in [0.3, 0.4) is 0 Å². The van der Waals surface area contributed by atoms with Gasteiger partial charge in [0.2, 0.25) is 11.8 Å². The topological polar surface area (TPSA) is 56.8 Å². The fourth-order valence-electron chi connectivity index (χ4n) is 3.80. The van der Waals surface area contributed by atoms with Crippen molar-refractivity contribution in [2.24, 2.45) is 5.92 Å². The first-order chi connectivity index (χ1) is 13.2. The molecule has 0 unspecified atom stereocenters. The molecule has 4 heterocycles. The van der Waals surface area contributed by atoms with Crippen molar-refractivity contribution in [3.63, 3.8) is 0 Å². The van der Waals surface area contributed by atoms with Gasteiger partial charge < -0.3 is 9.80 Å². The van der Waals surface area contributed by atoms with Crippen LogP contribution in [-0.4, -0.2) is 64.2 Å². The quantitative estimate of drug-likeness (QED) is 0.789. The van der Waals surface area contributed by atoms with Gasteiger partial charge >= 0.3 is 0 Å². The summed E-state index contributed by atoms with van der Waals surface area (Å²) in [6.45, 7) is 5.20. The number of hydrogen-bond acceptors (Lipinski definition) is 5. The first-order valence-electron chi connectivity index (χ1n) is 9.39. The fraction of sp³-hybridized carbons (Fsp3) is 0.450. The number of likely N-dealkylation sites (tertiary alicyclic amines) is 1. The maximum Gasteiger partial charge on any atom is 0.228 e. The van der Waals surface area contributed by atoms with Crippen LogP contribution < -0.4 is 0 Å². The van der Waals surface area contributed by atoms with Crippen LogP contribution in [0, 0.1) is 5.92 Å². The molecular weight excluding hydrogens is 360 g/mol. The molecule has 0 saturated carbocycles. The first kappa shape index (κ1) is 18.1. The van der Waals surface area contributed by atoms with E-state index in [0.717, 1.165) is 38.4 Å². The number of aromatic nitrogens is 1. The molecule has 0 bridgehead atoms. The van der Waals surface area contributed by atoms with Crippen LogP contribution >= 0.6 is 11.3 Å². The van der Waals surface area contributed by atoms with Gasteiger partial charge in [-0.1, -0.05) is 6.07 Å². The molecule has 2 aliphatic heterocycles. The number of amides is 2. The lowest BCUT2D eigenvalue weighted by atomic mass is 10.1. The number of pyridine rings is 1. The molecule has 0 spiro atoms. The van der Waals surface area contributed by atoms with Crippen LogP contribution in [0.15, 0.2) is 41.2 Å². The molecule has 7 heteroatoms. The van der Waals surface area contributed by atoms with Crippen molar-refractivity contribution in [2.45, 2.75) is 19.5 Å². The summed E-state index contributed by atoms with van der Waals surface area (Å²) in [6, 6.07) is 7.85. The predicted octanol–water partition coefficient (Wildman–Crippen LogP) is 1.84. The molecule has 2 aliphatic rings. The summed E-state index contributed by atoms with van der Waals surface area (Å²) in [4.78, 5) is 35.6. The van der Waals surface area contributed by atoms with Gasteiger partial charge in [-0.25, -0.2) is 0 Å². The van der Waals surface area contributed by atoms with E-state index < -0.39 is 0 Å². The third-order valence-corrected chi connectivity index (χ3v) is 6.05. The standard InChI is InChI=1S/C20H24N4O2S/c25-19-11-17(13-24(19)14-18-3-1-2-5-21-18)20(26)23-8-6-22(7-9-23)12-16-4-10-27-15-16/h1-5,10,15,17H,6-9,11-14H2/t17-/m0/s1. The molecule has 6 nitrogen and oxygen atoms in total. The molecule has 0 aromatic carbocycles. The Balaban J connectivity index is 1.28. The van der Waals surface area contributed by atoms with Crippen molar-refractivity contribution in [2.75, 3.05) is 32.7 Å². The van der Waals surface area contributed by atoms with Crippen LogP contribution in [-0.2, 0) is 22.7 Å². The lowest BCUT2D eigenvalue weighted by Crippen LogP contribution is -2.50. The van der Waals surface area contributed by atoms with E-state index in [9.17, 15) is 9.59 Å². The third kappa shape index (κ3) is 4.36. The molecule has 142 valence electrons. The molecular formula is C20H24N4O2S. The lowest BCUT2D eigenvalue weighted by molar-refractivity contribution is -0.137. The van der Waals surface area contributed by atoms with Gasteiger partial charge in [0.05, 0.1) is 18.2 Å². The molecule has 0 radical (unpaired) electrons. The Bertz CT molecular complexity index is 773. The molecule has 2 aromatic rings. The van der Waals surface area contributed by atoms with E-state index in [0.29, 0.717) is 19.5 Å². The van der Waals surface area contributed by atoms with Crippen LogP contribution in [0.2, 0.25) is 0 Å². The molecule has 2 fully saturated rings. The Hall–Kier alpha value is -2.25. The van der Waals surface area contributed by atoms with Crippen molar-refractivity contribution in [1.29, 1.82) is 0 Å². The summed E-state index contributed by atoms with van der Waals surface area (Å²) < 4.78 is 0. The van der Waals surface area contributed by atoms with Gasteiger partial charge in [-0.3, -0.25) is 19.5 Å². The van der Waals surface area contributed by atoms with Gasteiger partial charge in [-0.2, -0.15) is 11.3 Å². The highest BCUT2D eigenvalue weighted by Gasteiger charge is 2.37. The van der Waals surface area contributed by atoms with Crippen molar-refractivity contribution in [3.05, 3.63) is 52.5 Å². The summed E-state index contributed by atoms with van der Waals surface area (Å²) >= 11 is 1.72. The van der Waals surface area contributed by atoms with Gasteiger partial charge in [0.1, 0.15) is 0 Å². The maximum atomic E-state index is 12.9. The van der Waals surface area contributed by atoms with E-state index in [1.807, 2.05) is 23.1 Å². The number of carbonyl (C=O) groups is 2. The minimum atomic E-state index is -0.218. The number of carbonyl (C=O) groups excluding carboxylic acids is 2. The highest BCUT2D eigenvalue weighted by Crippen LogP contribution is 2.22. The van der Waals surface area contributed by atoms with Gasteiger partial charge in [-0.05, 0) is 34.5 Å². The second-order valence-corrected chi connectivity index (χ2v) is 8.01. The second-order valence-electron chi connectivity index (χ2n) is 7.23. The number of piperazine rings is 1. The second kappa shape index (κ2) is 8.19. The van der Waals surface area contributed by atoms with Crippen LogP contribution in [0.1, 0.15) is 17.7 Å². The molecule has 0 aliphatic carbocycles. The van der Waals surface area contributed by atoms with Gasteiger partial charge in [-0.15, -0.1) is 0 Å². The smallest absolute Gasteiger partial charge is 0.228 e. The van der Waals surface area contributed by atoms with E-state index in [1.54, 1.807) is 22.4 Å². The van der Waals surface area contributed by atoms with Gasteiger partial charge in [0, 0.05) is 51.9 Å². The van der Waals surface area contributed by atoms with Crippen molar-refractivity contribution in [3.8, 4) is 0 Å². The van der Waals surface area contributed by atoms with E-state index in [4.69, 9.17) is 0 Å². The normalized spacial score (nSPS) is 21.0. The third-order valence-electron chi connectivity index (χ3n) is 5.31. The van der Waals surface area contributed by atoms with Gasteiger partial charge in [0.15, 0.2) is 0 Å². The zero-order chi connectivity index (χ0) is 18.6. The van der Waals surface area contributed by atoms with Crippen molar-refractivity contribution >= 4 is 23.2 Å². The first-order valence-corrected chi connectivity index (χ1v) is 10.3. The monoisotopic (exact) mass is 384 g/mol. The van der Waals surface area contributed by atoms with E-state index >= 15 is 0 Å². The molecule has 2 amide bonds. The van der Waals surface area contributed by atoms with Crippen molar-refractivity contribution < 1.29 is 9.59 Å². The SMILES string of the molecule is O=C1C[C@H](C(=O)N2CCN(Cc3ccsc3)CC2)CN1Cc1ccccn1. The number of thiophene rings is 1. The average molecular weight is 385 g/mol. The minimum absolute atomic E-state index is 0.0510. The predicted molar refractivity (Wildman–Crippen MR) is 104 cm³/mol. The van der Waals surface area contributed by atoms with E-state index in [-0.39, 0.29) is 17.7 Å². The summed E-state index contributed by atoms with van der Waals surface area (Å²) in [5.41, 5.74) is 2.20. The lowest BCUT2D eigenvalue weighted by Gasteiger charge is -2.35. The fourth-order valence-corrected chi connectivity index (χ4v) is 4.46. The maximum absolute atomic E-state index is 12.9. The zero-order valence-electron chi connectivity index (χ0n) is 15.3. The Labute approximate surface area is 163 Å². The molecule has 2 aromatic heterocycles. The van der Waals surface area contributed by atoms with Crippen LogP contribution in [0.4, 0.5) is 0 Å². The van der Waals surface area contributed by atoms with Gasteiger partial charge in [0.25, 0.3) is 0 Å². The van der Waals surface area contributed by atoms with Crippen LogP contribution in [0.25, 0.3) is 0 Å². The highest BCUT2D eigenvalue weighted by atomic mass is 32.1.